The summed E-state index contributed by atoms with van der Waals surface area (Å²) in [6.45, 7) is 9.40. The van der Waals surface area contributed by atoms with Crippen molar-refractivity contribution in [2.75, 3.05) is 4.90 Å². The molecular formula is C41H33NO3SSi. The van der Waals surface area contributed by atoms with Crippen LogP contribution in [0.25, 0.3) is 0 Å². The van der Waals surface area contributed by atoms with Crippen molar-refractivity contribution >= 4 is 47.3 Å². The molecule has 3 aliphatic heterocycles. The summed E-state index contributed by atoms with van der Waals surface area (Å²) in [5, 5.41) is 2.58. The van der Waals surface area contributed by atoms with Crippen LogP contribution in [0.3, 0.4) is 0 Å². The van der Waals surface area contributed by atoms with Gasteiger partial charge in [0, 0.05) is 16.5 Å². The van der Waals surface area contributed by atoms with Gasteiger partial charge >= 0.3 is 0 Å². The summed E-state index contributed by atoms with van der Waals surface area (Å²) >= 11 is 1.74. The third-order valence-electron chi connectivity index (χ3n) is 9.84. The highest BCUT2D eigenvalue weighted by Gasteiger charge is 2.41. The number of hydrogen-bond donors (Lipinski definition) is 0. The van der Waals surface area contributed by atoms with Crippen LogP contribution in [0.1, 0.15) is 25.0 Å². The summed E-state index contributed by atoms with van der Waals surface area (Å²) in [6, 6.07) is 44.6. The van der Waals surface area contributed by atoms with Crippen LogP contribution in [-0.4, -0.2) is 8.07 Å². The van der Waals surface area contributed by atoms with Crippen molar-refractivity contribution in [1.82, 2.24) is 0 Å². The van der Waals surface area contributed by atoms with E-state index in [9.17, 15) is 0 Å². The Balaban J connectivity index is 1.32. The SMILES string of the molecule is CC1(C)c2ccccc2Oc2c(N(c3cccc4c3Oc3ccccc3[Si]4(C)C)c3cccc4c3Sc3ccccc3O4)cccc21. The van der Waals surface area contributed by atoms with Gasteiger partial charge in [-0.25, -0.2) is 0 Å². The Morgan fingerprint density at radius 3 is 1.94 bits per heavy atom. The van der Waals surface area contributed by atoms with Gasteiger partial charge in [-0.15, -0.1) is 0 Å². The molecule has 9 rings (SSSR count). The lowest BCUT2D eigenvalue weighted by Crippen LogP contribution is -2.56. The highest BCUT2D eigenvalue weighted by molar-refractivity contribution is 7.99. The third-order valence-corrected chi connectivity index (χ3v) is 14.5. The van der Waals surface area contributed by atoms with Gasteiger partial charge in [0.15, 0.2) is 11.5 Å². The van der Waals surface area contributed by atoms with Crippen molar-refractivity contribution in [3.63, 3.8) is 0 Å². The Bertz CT molecular complexity index is 2130. The van der Waals surface area contributed by atoms with Crippen LogP contribution in [-0.2, 0) is 5.41 Å². The normalized spacial score (nSPS) is 15.6. The number of fused-ring (bicyclic) bond motifs is 6. The fourth-order valence-corrected chi connectivity index (χ4v) is 11.2. The highest BCUT2D eigenvalue weighted by atomic mass is 32.2. The molecule has 6 heteroatoms. The maximum Gasteiger partial charge on any atom is 0.155 e. The number of rotatable bonds is 3. The first kappa shape index (κ1) is 28.3. The zero-order chi connectivity index (χ0) is 31.9. The molecule has 230 valence electrons. The van der Waals surface area contributed by atoms with E-state index in [1.54, 1.807) is 11.8 Å². The van der Waals surface area contributed by atoms with Gasteiger partial charge in [0.2, 0.25) is 0 Å². The molecule has 0 aromatic heterocycles. The molecule has 0 aliphatic carbocycles. The predicted octanol–water partition coefficient (Wildman–Crippen LogP) is 10.8. The topological polar surface area (TPSA) is 30.9 Å². The van der Waals surface area contributed by atoms with Gasteiger partial charge in [0.05, 0.1) is 26.9 Å². The van der Waals surface area contributed by atoms with E-state index in [0.29, 0.717) is 0 Å². The second-order valence-corrected chi connectivity index (χ2v) is 18.7. The molecule has 0 bridgehead atoms. The minimum absolute atomic E-state index is 0.265. The Morgan fingerprint density at radius 1 is 0.511 bits per heavy atom. The number of hydrogen-bond acceptors (Lipinski definition) is 5. The van der Waals surface area contributed by atoms with E-state index in [1.807, 2.05) is 18.2 Å². The maximum absolute atomic E-state index is 6.92. The zero-order valence-corrected chi connectivity index (χ0v) is 28.5. The highest BCUT2D eigenvalue weighted by Crippen LogP contribution is 2.58. The lowest BCUT2D eigenvalue weighted by molar-refractivity contribution is 0.419. The monoisotopic (exact) mass is 647 g/mol. The largest absolute Gasteiger partial charge is 0.455 e. The molecule has 0 fully saturated rings. The summed E-state index contributed by atoms with van der Waals surface area (Å²) in [5.41, 5.74) is 4.99. The minimum atomic E-state index is -2.10. The summed E-state index contributed by atoms with van der Waals surface area (Å²) < 4.78 is 20.3. The van der Waals surface area contributed by atoms with Crippen LogP contribution in [0, 0.1) is 0 Å². The fraction of sp³-hybridized carbons (Fsp3) is 0.122. The molecule has 4 nitrogen and oxygen atoms in total. The molecule has 0 atom stereocenters. The molecule has 0 radical (unpaired) electrons. The van der Waals surface area contributed by atoms with E-state index in [2.05, 4.69) is 141 Å². The number of ether oxygens (including phenoxy) is 3. The van der Waals surface area contributed by atoms with E-state index in [1.165, 1.54) is 15.9 Å². The molecule has 0 spiro atoms. The van der Waals surface area contributed by atoms with E-state index in [-0.39, 0.29) is 5.41 Å². The van der Waals surface area contributed by atoms with Crippen molar-refractivity contribution in [2.24, 2.45) is 0 Å². The Hall–Kier alpha value is -4.91. The van der Waals surface area contributed by atoms with Crippen LogP contribution in [0.2, 0.25) is 13.1 Å². The van der Waals surface area contributed by atoms with Crippen LogP contribution in [0.4, 0.5) is 17.1 Å². The first-order chi connectivity index (χ1) is 22.8. The van der Waals surface area contributed by atoms with Crippen LogP contribution < -0.4 is 29.5 Å². The summed E-state index contributed by atoms with van der Waals surface area (Å²) in [7, 11) is -2.10. The summed E-state index contributed by atoms with van der Waals surface area (Å²) in [5.74, 6) is 5.27. The molecular weight excluding hydrogens is 615 g/mol. The number of benzene rings is 6. The van der Waals surface area contributed by atoms with Crippen molar-refractivity contribution in [1.29, 1.82) is 0 Å². The van der Waals surface area contributed by atoms with Crippen molar-refractivity contribution in [3.8, 4) is 34.5 Å². The van der Waals surface area contributed by atoms with Gasteiger partial charge in [-0.3, -0.25) is 0 Å². The Kier molecular flexibility index (Phi) is 6.20. The smallest absolute Gasteiger partial charge is 0.155 e. The van der Waals surface area contributed by atoms with Crippen LogP contribution >= 0.6 is 11.8 Å². The predicted molar refractivity (Wildman–Crippen MR) is 194 cm³/mol. The Labute approximate surface area is 280 Å². The number of nitrogens with zero attached hydrogens (tertiary/aromatic N) is 1. The molecule has 47 heavy (non-hydrogen) atoms. The summed E-state index contributed by atoms with van der Waals surface area (Å²) in [4.78, 5) is 4.47. The summed E-state index contributed by atoms with van der Waals surface area (Å²) in [6.07, 6.45) is 0. The van der Waals surface area contributed by atoms with Gasteiger partial charge in [-0.05, 0) is 58.9 Å². The van der Waals surface area contributed by atoms with E-state index in [0.717, 1.165) is 66.9 Å². The number of anilines is 3. The molecule has 0 unspecified atom stereocenters. The lowest BCUT2D eigenvalue weighted by Gasteiger charge is -2.39. The maximum atomic E-state index is 6.92. The molecule has 0 saturated heterocycles. The van der Waals surface area contributed by atoms with Gasteiger partial charge in [0.25, 0.3) is 0 Å². The zero-order valence-electron chi connectivity index (χ0n) is 26.7. The minimum Gasteiger partial charge on any atom is -0.455 e. The molecule has 0 amide bonds. The molecule has 0 N–H and O–H groups in total. The average Bonchev–Trinajstić information content (AvgIpc) is 3.08. The lowest BCUT2D eigenvalue weighted by atomic mass is 9.75. The van der Waals surface area contributed by atoms with Gasteiger partial charge in [0.1, 0.15) is 31.1 Å². The molecule has 6 aromatic carbocycles. The van der Waals surface area contributed by atoms with Crippen molar-refractivity contribution in [2.45, 2.75) is 42.1 Å². The van der Waals surface area contributed by atoms with E-state index < -0.39 is 8.07 Å². The first-order valence-corrected chi connectivity index (χ1v) is 19.8. The van der Waals surface area contributed by atoms with Gasteiger partial charge in [-0.2, -0.15) is 0 Å². The molecule has 6 aromatic rings. The number of para-hydroxylation sites is 5. The van der Waals surface area contributed by atoms with Crippen molar-refractivity contribution in [3.05, 3.63) is 139 Å². The quantitative estimate of drug-likeness (QED) is 0.178. The average molecular weight is 648 g/mol. The molecule has 3 heterocycles. The standard InChI is InChI=1S/C41H33NO3SSi/c1-41(2)26-14-5-6-19-31(26)44-38-27(41)15-11-16-28(38)42(30-18-12-22-34-40(30)46-35-23-9-7-20-32(35)43-34)29-17-13-25-37-39(29)45-33-21-8-10-24-36(33)47(37,3)4/h5-25H,1-4H3. The second-order valence-electron chi connectivity index (χ2n) is 13.3. The molecule has 0 saturated carbocycles. The van der Waals surface area contributed by atoms with E-state index in [4.69, 9.17) is 14.2 Å². The Morgan fingerprint density at radius 2 is 1.09 bits per heavy atom. The van der Waals surface area contributed by atoms with Crippen molar-refractivity contribution < 1.29 is 14.2 Å². The fourth-order valence-electron chi connectivity index (χ4n) is 7.35. The molecule has 3 aliphatic rings. The second kappa shape index (κ2) is 10.3. The van der Waals surface area contributed by atoms with Crippen LogP contribution in [0.5, 0.6) is 34.5 Å². The third kappa shape index (κ3) is 4.21. The van der Waals surface area contributed by atoms with E-state index >= 15 is 0 Å². The van der Waals surface area contributed by atoms with Gasteiger partial charge < -0.3 is 19.1 Å². The van der Waals surface area contributed by atoms with Gasteiger partial charge in [-0.1, -0.05) is 118 Å². The first-order valence-electron chi connectivity index (χ1n) is 16.0. The van der Waals surface area contributed by atoms with Crippen LogP contribution in [0.15, 0.2) is 137 Å².